The molecule has 0 aliphatic carbocycles. The molecule has 0 aliphatic heterocycles. The SMILES string of the molecule is Cc1ccc(S(=O)(=O)N=S=c2cc(-c3ccc(C(C)C)cc3)ss2)cc1. The normalized spacial score (nSPS) is 11.5. The van der Waals surface area contributed by atoms with Crippen LogP contribution < -0.4 is 0 Å². The van der Waals surface area contributed by atoms with Crippen LogP contribution in [0.4, 0.5) is 0 Å². The second-order valence-corrected chi connectivity index (χ2v) is 11.3. The Bertz CT molecular complexity index is 1100. The van der Waals surface area contributed by atoms with Crippen molar-refractivity contribution in [3.8, 4) is 10.4 Å². The zero-order valence-electron chi connectivity index (χ0n) is 14.7. The van der Waals surface area contributed by atoms with Gasteiger partial charge in [0.1, 0.15) is 3.82 Å². The van der Waals surface area contributed by atoms with Gasteiger partial charge in [-0.3, -0.25) is 0 Å². The van der Waals surface area contributed by atoms with Crippen LogP contribution in [0.25, 0.3) is 10.4 Å². The first-order valence-corrected chi connectivity index (χ1v) is 12.5. The highest BCUT2D eigenvalue weighted by atomic mass is 32.9. The molecule has 0 N–H and O–H groups in total. The summed E-state index contributed by atoms with van der Waals surface area (Å²) in [7, 11) is -0.476. The number of aryl methyl sites for hydroxylation is 1. The van der Waals surface area contributed by atoms with Crippen LogP contribution in [0.15, 0.2) is 63.3 Å². The molecule has 0 atom stereocenters. The molecular formula is C19H19NO2S4. The Labute approximate surface area is 165 Å². The lowest BCUT2D eigenvalue weighted by molar-refractivity contribution is 0.598. The number of rotatable bonds is 4. The second kappa shape index (κ2) is 8.00. The van der Waals surface area contributed by atoms with Crippen molar-refractivity contribution < 1.29 is 8.42 Å². The first-order valence-electron chi connectivity index (χ1n) is 8.10. The molecule has 0 amide bonds. The van der Waals surface area contributed by atoms with E-state index in [2.05, 4.69) is 41.9 Å². The molecule has 0 saturated carbocycles. The summed E-state index contributed by atoms with van der Waals surface area (Å²) in [5, 5.41) is 0. The van der Waals surface area contributed by atoms with Gasteiger partial charge in [0.05, 0.1) is 4.90 Å². The van der Waals surface area contributed by atoms with Crippen LogP contribution in [0.1, 0.15) is 30.9 Å². The van der Waals surface area contributed by atoms with Gasteiger partial charge in [-0.2, -0.15) is 8.42 Å². The quantitative estimate of drug-likeness (QED) is 0.378. The molecule has 0 unspecified atom stereocenters. The van der Waals surface area contributed by atoms with Crippen molar-refractivity contribution >= 4 is 41.9 Å². The van der Waals surface area contributed by atoms with Crippen molar-refractivity contribution in [1.29, 1.82) is 0 Å². The van der Waals surface area contributed by atoms with E-state index < -0.39 is 10.0 Å². The monoisotopic (exact) mass is 421 g/mol. The Morgan fingerprint density at radius 2 is 1.62 bits per heavy atom. The fourth-order valence-electron chi connectivity index (χ4n) is 2.29. The van der Waals surface area contributed by atoms with Crippen LogP contribution in [0.5, 0.6) is 0 Å². The minimum Gasteiger partial charge on any atom is -0.198 e. The maximum absolute atomic E-state index is 12.3. The molecule has 0 radical (unpaired) electrons. The molecule has 1 heterocycles. The van der Waals surface area contributed by atoms with E-state index in [9.17, 15) is 8.42 Å². The first-order chi connectivity index (χ1) is 12.3. The molecule has 3 rings (SSSR count). The third-order valence-corrected chi connectivity index (χ3v) is 9.13. The number of nitrogens with zero attached hydrogens (tertiary/aromatic N) is 1. The summed E-state index contributed by atoms with van der Waals surface area (Å²) in [6.07, 6.45) is 0. The third kappa shape index (κ3) is 4.59. The summed E-state index contributed by atoms with van der Waals surface area (Å²) in [4.78, 5) is 1.34. The molecule has 0 fully saturated rings. The molecule has 136 valence electrons. The smallest absolute Gasteiger partial charge is 0.198 e. The van der Waals surface area contributed by atoms with Gasteiger partial charge in [0.25, 0.3) is 10.0 Å². The maximum atomic E-state index is 12.3. The van der Waals surface area contributed by atoms with Crippen molar-refractivity contribution in [1.82, 2.24) is 0 Å². The Hall–Kier alpha value is -1.54. The molecule has 26 heavy (non-hydrogen) atoms. The predicted molar refractivity (Wildman–Crippen MR) is 113 cm³/mol. The molecule has 0 bridgehead atoms. The summed E-state index contributed by atoms with van der Waals surface area (Å²) in [6, 6.07) is 17.2. The van der Waals surface area contributed by atoms with Gasteiger partial charge in [0.2, 0.25) is 0 Å². The highest BCUT2D eigenvalue weighted by Gasteiger charge is 2.11. The van der Waals surface area contributed by atoms with Crippen molar-refractivity contribution in [2.24, 2.45) is 3.77 Å². The van der Waals surface area contributed by atoms with Crippen LogP contribution in [0, 0.1) is 10.7 Å². The molecule has 0 spiro atoms. The Kier molecular flexibility index (Phi) is 5.92. The maximum Gasteiger partial charge on any atom is 0.292 e. The zero-order chi connectivity index (χ0) is 18.7. The van der Waals surface area contributed by atoms with Crippen LogP contribution in [-0.2, 0) is 21.2 Å². The van der Waals surface area contributed by atoms with Crippen LogP contribution in [0.2, 0.25) is 0 Å². The highest BCUT2D eigenvalue weighted by Crippen LogP contribution is 2.30. The van der Waals surface area contributed by atoms with Gasteiger partial charge in [-0.25, -0.2) is 0 Å². The van der Waals surface area contributed by atoms with Crippen molar-refractivity contribution in [3.05, 3.63) is 69.5 Å². The largest absolute Gasteiger partial charge is 0.292 e. The second-order valence-electron chi connectivity index (χ2n) is 6.22. The molecule has 3 aromatic rings. The number of benzene rings is 2. The predicted octanol–water partition coefficient (Wildman–Crippen LogP) is 6.10. The van der Waals surface area contributed by atoms with Crippen LogP contribution in [-0.4, -0.2) is 8.42 Å². The number of hydrogen-bond acceptors (Lipinski definition) is 4. The molecule has 2 aromatic carbocycles. The van der Waals surface area contributed by atoms with E-state index in [-0.39, 0.29) is 4.90 Å². The van der Waals surface area contributed by atoms with Gasteiger partial charge in [-0.05, 0) is 53.3 Å². The van der Waals surface area contributed by atoms with Crippen LogP contribution in [0.3, 0.4) is 0 Å². The minimum atomic E-state index is -3.65. The van der Waals surface area contributed by atoms with E-state index in [1.807, 2.05) is 13.0 Å². The fourth-order valence-corrected chi connectivity index (χ4v) is 6.92. The van der Waals surface area contributed by atoms with Gasteiger partial charge in [0, 0.05) is 4.88 Å². The topological polar surface area (TPSA) is 46.5 Å². The average Bonchev–Trinajstić information content (AvgIpc) is 3.10. The summed E-state index contributed by atoms with van der Waals surface area (Å²) in [5.74, 6) is 0.507. The van der Waals surface area contributed by atoms with E-state index in [0.717, 1.165) is 31.0 Å². The number of sulfonamides is 1. The van der Waals surface area contributed by atoms with E-state index in [0.29, 0.717) is 5.92 Å². The minimum absolute atomic E-state index is 0.223. The standard InChI is InChI=1S/C19H19NO2S4/c1-13(2)15-6-8-16(9-7-15)18-12-19(25-24-18)23-20-26(21,22)17-10-4-14(3)5-11-17/h4-13H,1-3H3. The van der Waals surface area contributed by atoms with Crippen LogP contribution >= 0.6 is 20.7 Å². The van der Waals surface area contributed by atoms with Gasteiger partial charge in [-0.1, -0.05) is 80.3 Å². The average molecular weight is 422 g/mol. The van der Waals surface area contributed by atoms with E-state index in [4.69, 9.17) is 0 Å². The highest BCUT2D eigenvalue weighted by molar-refractivity contribution is 7.94. The lowest BCUT2D eigenvalue weighted by atomic mass is 10.0. The third-order valence-electron chi connectivity index (χ3n) is 3.87. The van der Waals surface area contributed by atoms with Crippen molar-refractivity contribution in [2.45, 2.75) is 31.6 Å². The van der Waals surface area contributed by atoms with Gasteiger partial charge >= 0.3 is 0 Å². The fraction of sp³-hybridized carbons (Fsp3) is 0.211. The molecule has 0 saturated heterocycles. The Morgan fingerprint density at radius 3 is 2.23 bits per heavy atom. The Morgan fingerprint density at radius 1 is 0.962 bits per heavy atom. The van der Waals surface area contributed by atoms with Crippen molar-refractivity contribution in [2.75, 3.05) is 0 Å². The van der Waals surface area contributed by atoms with Crippen molar-refractivity contribution in [3.63, 3.8) is 0 Å². The van der Waals surface area contributed by atoms with E-state index in [1.54, 1.807) is 34.6 Å². The molecule has 0 aliphatic rings. The lowest BCUT2D eigenvalue weighted by Gasteiger charge is -2.05. The summed E-state index contributed by atoms with van der Waals surface area (Å²) >= 11 is 1.02. The molecule has 7 heteroatoms. The Balaban J connectivity index is 1.91. The summed E-state index contributed by atoms with van der Waals surface area (Å²) < 4.78 is 29.4. The van der Waals surface area contributed by atoms with Gasteiger partial charge < -0.3 is 0 Å². The van der Waals surface area contributed by atoms with E-state index in [1.165, 1.54) is 15.9 Å². The van der Waals surface area contributed by atoms with Gasteiger partial charge in [0.15, 0.2) is 0 Å². The molecular weight excluding hydrogens is 402 g/mol. The lowest BCUT2D eigenvalue weighted by Crippen LogP contribution is -1.95. The number of hydrogen-bond donors (Lipinski definition) is 0. The first kappa shape index (κ1) is 19.2. The summed E-state index contributed by atoms with van der Waals surface area (Å²) in [5.41, 5.74) is 3.47. The zero-order valence-corrected chi connectivity index (χ0v) is 17.9. The molecule has 1 aromatic heterocycles. The molecule has 3 nitrogen and oxygen atoms in total. The van der Waals surface area contributed by atoms with E-state index >= 15 is 0 Å². The summed E-state index contributed by atoms with van der Waals surface area (Å²) in [6.45, 7) is 6.27. The van der Waals surface area contributed by atoms with Gasteiger partial charge in [-0.15, -0.1) is 0 Å².